The van der Waals surface area contributed by atoms with Crippen LogP contribution >= 0.6 is 29.4 Å². The molecule has 0 bridgehead atoms. The molecule has 0 amide bonds. The summed E-state index contributed by atoms with van der Waals surface area (Å²) >= 11 is -5.25. The minimum atomic E-state index is -5.25. The summed E-state index contributed by atoms with van der Waals surface area (Å²) in [5, 5.41) is 13.9. The third kappa shape index (κ3) is 333. The third-order valence-corrected chi connectivity index (χ3v) is 0. The number of hydrogen-bond acceptors (Lipinski definition) is 3. The molecule has 0 radical (unpaired) electrons. The molecule has 0 unspecified atom stereocenters. The number of rotatable bonds is 0. The molecule has 7 nitrogen and oxygen atoms in total. The monoisotopic (exact) mass is 426 g/mol. The normalized spacial score (nSPS) is 5.12. The molecule has 16 heavy (non-hydrogen) atoms. The van der Waals surface area contributed by atoms with Crippen LogP contribution in [0.25, 0.3) is 0 Å². The molecule has 0 heterocycles. The number of carboxylic acid groups (broad SMARTS) is 2. The average Bonchev–Trinajstić information content (AvgIpc) is 1.19. The Balaban J connectivity index is -0.00000000135. The summed E-state index contributed by atoms with van der Waals surface area (Å²) in [6.07, 6.45) is -1.83. The van der Waals surface area contributed by atoms with Crippen LogP contribution in [-0.2, 0) is 21.2 Å². The van der Waals surface area contributed by atoms with E-state index in [9.17, 15) is 0 Å². The molecule has 0 fully saturated rings. The van der Waals surface area contributed by atoms with Gasteiger partial charge >= 0.3 is 151 Å². The van der Waals surface area contributed by atoms with E-state index < -0.39 is 19.8 Å². The zero-order valence-electron chi connectivity index (χ0n) is 18.3. The molecule has 0 saturated heterocycles. The molecule has 0 aromatic carbocycles. The van der Waals surface area contributed by atoms with E-state index in [0.717, 1.165) is 0 Å². The molecule has 0 aromatic heterocycles. The topological polar surface area (TPSA) is 132 Å². The predicted octanol–water partition coefficient (Wildman–Crippen LogP) is -0.911. The Kier molecular flexibility index (Phi) is 136. The van der Waals surface area contributed by atoms with Crippen LogP contribution in [0.2, 0.25) is 0 Å². The average molecular weight is 429 g/mol. The van der Waals surface area contributed by atoms with Gasteiger partial charge in [-0.2, -0.15) is 0 Å². The number of carbonyl (C=O) groups is 1. The van der Waals surface area contributed by atoms with Crippen LogP contribution in [-0.4, -0.2) is 140 Å². The van der Waals surface area contributed by atoms with Crippen LogP contribution < -0.4 is 0 Å². The van der Waals surface area contributed by atoms with Crippen molar-refractivity contribution >= 4 is 151 Å². The van der Waals surface area contributed by atoms with Gasteiger partial charge in [0.2, 0.25) is 0 Å². The van der Waals surface area contributed by atoms with E-state index in [1.54, 1.807) is 0 Å². The zero-order chi connectivity index (χ0) is 8.08. The fourth-order valence-electron chi connectivity index (χ4n) is 0. The van der Waals surface area contributed by atoms with Gasteiger partial charge in [0.15, 0.2) is 0 Å². The molecule has 4 N–H and O–H groups in total. The van der Waals surface area contributed by atoms with Crippen LogP contribution in [0, 0.1) is 0 Å². The first-order valence-corrected chi connectivity index (χ1v) is 3.53. The van der Waals surface area contributed by atoms with Gasteiger partial charge in [-0.25, -0.2) is 4.79 Å². The number of hydrogen-bond donors (Lipinski definition) is 4. The second-order valence-electron chi connectivity index (χ2n) is 0.730. The molecule has 0 saturated carbocycles. The molecule has 0 aliphatic rings. The summed E-state index contributed by atoms with van der Waals surface area (Å²) in [7, 11) is 0. The zero-order valence-corrected chi connectivity index (χ0v) is 19.1. The third-order valence-electron chi connectivity index (χ3n) is 0. The first-order valence-electron chi connectivity index (χ1n) is 1.35. The van der Waals surface area contributed by atoms with E-state index in [1.807, 2.05) is 0 Å². The van der Waals surface area contributed by atoms with E-state index >= 15 is 0 Å². The van der Waals surface area contributed by atoms with E-state index in [0.29, 0.717) is 0 Å². The molecule has 0 aliphatic heterocycles. The van der Waals surface area contributed by atoms with Gasteiger partial charge in [0.1, 0.15) is 0 Å². The van der Waals surface area contributed by atoms with E-state index in [1.165, 1.54) is 0 Å². The molecular formula is CH16BrClCrMg5O7. The summed E-state index contributed by atoms with van der Waals surface area (Å²) in [4.78, 5) is 8.56. The first kappa shape index (κ1) is 59.8. The molecule has 0 rings (SSSR count). The molecule has 15 heteroatoms. The van der Waals surface area contributed by atoms with E-state index in [4.69, 9.17) is 30.9 Å². The molecule has 0 spiro atoms. The van der Waals surface area contributed by atoms with Crippen molar-refractivity contribution in [3.63, 3.8) is 0 Å². The van der Waals surface area contributed by atoms with Gasteiger partial charge in [-0.3, -0.25) is 0 Å². The Bertz CT molecular complexity index is 200. The molecule has 0 aromatic rings. The Morgan fingerprint density at radius 3 is 0.875 bits per heavy atom. The fourth-order valence-corrected chi connectivity index (χ4v) is 0. The SMILES string of the molecule is Br.Cl.O=C(O)O.[H-].[H-].[H-].[H-].[H-].[H-].[H-].[H-].[H-].[H-].[Mg+2].[Mg+2].[Mg+2].[Mg+2].[Mg+2].[O]=[Cr](=[O])([OH])[OH]. The van der Waals surface area contributed by atoms with Crippen molar-refractivity contribution in [3.05, 3.63) is 0 Å². The van der Waals surface area contributed by atoms with Crippen molar-refractivity contribution in [2.75, 3.05) is 0 Å². The maximum absolute atomic E-state index is 8.82. The van der Waals surface area contributed by atoms with Gasteiger partial charge in [0.05, 0.1) is 0 Å². The van der Waals surface area contributed by atoms with Gasteiger partial charge in [-0.05, 0) is 0 Å². The van der Waals surface area contributed by atoms with E-state index in [-0.39, 0.29) is 159 Å². The quantitative estimate of drug-likeness (QED) is 0.367. The van der Waals surface area contributed by atoms with Crippen LogP contribution in [0.15, 0.2) is 0 Å². The Labute approximate surface area is 206 Å². The van der Waals surface area contributed by atoms with Crippen molar-refractivity contribution in [3.8, 4) is 0 Å². The van der Waals surface area contributed by atoms with Gasteiger partial charge < -0.3 is 24.5 Å². The van der Waals surface area contributed by atoms with E-state index in [2.05, 4.69) is 0 Å². The van der Waals surface area contributed by atoms with Crippen LogP contribution in [0.5, 0.6) is 0 Å². The summed E-state index contributed by atoms with van der Waals surface area (Å²) < 4.78 is 31.9. The second kappa shape index (κ2) is 36.4. The predicted molar refractivity (Wildman–Crippen MR) is 73.9 cm³/mol. The number of halogens is 2. The molecule has 0 aliphatic carbocycles. The van der Waals surface area contributed by atoms with Crippen molar-refractivity contribution in [2.45, 2.75) is 0 Å². The van der Waals surface area contributed by atoms with Crippen molar-refractivity contribution in [1.82, 2.24) is 0 Å². The Morgan fingerprint density at radius 1 is 0.875 bits per heavy atom. The maximum atomic E-state index is 8.82. The first-order chi connectivity index (χ1) is 3.73. The van der Waals surface area contributed by atoms with Gasteiger partial charge in [-0.15, -0.1) is 29.4 Å². The Hall–Kier alpha value is 3.92. The summed E-state index contributed by atoms with van der Waals surface area (Å²) in [6.45, 7) is 0. The molecule has 92 valence electrons. The molecular weight excluding hydrogens is 413 g/mol. The van der Waals surface area contributed by atoms with Gasteiger partial charge in [0, 0.05) is 0 Å². The van der Waals surface area contributed by atoms with Gasteiger partial charge in [0.25, 0.3) is 0 Å². The fraction of sp³-hybridized carbons (Fsp3) is 0. The van der Waals surface area contributed by atoms with Crippen LogP contribution in [0.4, 0.5) is 4.79 Å². The minimum absolute atomic E-state index is 0. The van der Waals surface area contributed by atoms with Crippen LogP contribution in [0.1, 0.15) is 14.3 Å². The standard InChI is InChI=1S/CH2O3.BrH.ClH.Cr.5Mg.2H2O.2O.10H/c2-1(3)4;;;;;;;;;;;;;;;;;;;;;;/h(H2,2,3,4);2*1H;;;;;;;2*1H2;;;;;;;;;;;;/q;;;6*+2;;;;;10*-1/p-2. The van der Waals surface area contributed by atoms with Crippen molar-refractivity contribution in [2.24, 2.45) is 0 Å². The van der Waals surface area contributed by atoms with Crippen molar-refractivity contribution < 1.29 is 58.8 Å². The van der Waals surface area contributed by atoms with Crippen LogP contribution in [0.3, 0.4) is 0 Å². The molecule has 0 atom stereocenters. The van der Waals surface area contributed by atoms with Gasteiger partial charge in [-0.1, -0.05) is 0 Å². The summed E-state index contributed by atoms with van der Waals surface area (Å²) in [5.41, 5.74) is 0. The second-order valence-corrected chi connectivity index (χ2v) is 2.13. The summed E-state index contributed by atoms with van der Waals surface area (Å²) in [6, 6.07) is 0. The Morgan fingerprint density at radius 2 is 0.875 bits per heavy atom. The van der Waals surface area contributed by atoms with Crippen molar-refractivity contribution in [1.29, 1.82) is 0 Å². The summed E-state index contributed by atoms with van der Waals surface area (Å²) in [5.74, 6) is 0.